The first-order chi connectivity index (χ1) is 8.78. The summed E-state index contributed by atoms with van der Waals surface area (Å²) in [6.45, 7) is 1.94. The van der Waals surface area contributed by atoms with E-state index < -0.39 is 0 Å². The van der Waals surface area contributed by atoms with E-state index in [-0.39, 0.29) is 6.04 Å². The fraction of sp³-hybridized carbons (Fsp3) is 0.333. The molecule has 0 bridgehead atoms. The number of aromatic nitrogens is 3. The topological polar surface area (TPSA) is 52.0 Å². The Labute approximate surface area is 110 Å². The summed E-state index contributed by atoms with van der Waals surface area (Å²) in [5.41, 5.74) is 4.67. The number of hydrogen-bond donors (Lipinski definition) is 1. The van der Waals surface area contributed by atoms with Gasteiger partial charge in [-0.25, -0.2) is 4.68 Å². The molecule has 2 heterocycles. The third-order valence-corrected chi connectivity index (χ3v) is 4.00. The molecule has 1 aliphatic rings. The van der Waals surface area contributed by atoms with Crippen molar-refractivity contribution >= 4 is 11.8 Å². The summed E-state index contributed by atoms with van der Waals surface area (Å²) in [5, 5.41) is 9.10. The molecular weight excluding hydrogens is 248 g/mol. The van der Waals surface area contributed by atoms with Crippen molar-refractivity contribution in [1.29, 1.82) is 0 Å². The lowest BCUT2D eigenvalue weighted by atomic mass is 10.1. The fourth-order valence-corrected chi connectivity index (χ4v) is 2.94. The van der Waals surface area contributed by atoms with Gasteiger partial charge in [0.15, 0.2) is 0 Å². The fourth-order valence-electron chi connectivity index (χ4n) is 1.94. The average Bonchev–Trinajstić information content (AvgIpc) is 2.80. The monoisotopic (exact) mass is 262 g/mol. The maximum absolute atomic E-state index is 5.17. The molecule has 0 aliphatic carbocycles. The Kier molecular flexibility index (Phi) is 2.87. The quantitative estimate of drug-likeness (QED) is 0.897. The summed E-state index contributed by atoms with van der Waals surface area (Å²) in [6.07, 6.45) is 0. The van der Waals surface area contributed by atoms with Crippen molar-refractivity contribution in [2.24, 2.45) is 0 Å². The van der Waals surface area contributed by atoms with E-state index in [2.05, 4.69) is 27.8 Å². The van der Waals surface area contributed by atoms with Gasteiger partial charge in [-0.2, -0.15) is 0 Å². The van der Waals surface area contributed by atoms with Crippen LogP contribution in [0.4, 0.5) is 0 Å². The lowest BCUT2D eigenvalue weighted by Gasteiger charge is -2.26. The van der Waals surface area contributed by atoms with Crippen molar-refractivity contribution in [3.63, 3.8) is 0 Å². The first-order valence-electron chi connectivity index (χ1n) is 5.73. The maximum Gasteiger partial charge on any atom is 0.210 e. The van der Waals surface area contributed by atoms with Crippen LogP contribution in [0.15, 0.2) is 29.4 Å². The van der Waals surface area contributed by atoms with E-state index in [0.717, 1.165) is 22.5 Å². The number of methoxy groups -OCH3 is 1. The Hall–Kier alpha value is -1.69. The number of rotatable bonds is 2. The minimum absolute atomic E-state index is 0.267. The van der Waals surface area contributed by atoms with Gasteiger partial charge in [0.25, 0.3) is 0 Å². The zero-order valence-corrected chi connectivity index (χ0v) is 11.1. The summed E-state index contributed by atoms with van der Waals surface area (Å²) in [7, 11) is 1.68. The largest absolute Gasteiger partial charge is 0.497 e. The number of hydrogen-bond acceptors (Lipinski definition) is 5. The molecule has 6 heteroatoms. The summed E-state index contributed by atoms with van der Waals surface area (Å²) in [4.78, 5) is 0. The molecule has 0 saturated carbocycles. The predicted octanol–water partition coefficient (Wildman–Crippen LogP) is 1.99. The summed E-state index contributed by atoms with van der Waals surface area (Å²) in [5.74, 6) is 2.71. The van der Waals surface area contributed by atoms with Crippen LogP contribution in [0.5, 0.6) is 5.75 Å². The molecule has 0 saturated heterocycles. The van der Waals surface area contributed by atoms with Crippen molar-refractivity contribution in [2.45, 2.75) is 18.1 Å². The first kappa shape index (κ1) is 11.4. The van der Waals surface area contributed by atoms with E-state index in [1.807, 2.05) is 23.7 Å². The highest BCUT2D eigenvalue weighted by Gasteiger charge is 2.22. The van der Waals surface area contributed by atoms with Gasteiger partial charge in [0.05, 0.1) is 13.2 Å². The Morgan fingerprint density at radius 1 is 1.33 bits per heavy atom. The highest BCUT2D eigenvalue weighted by atomic mass is 32.2. The SMILES string of the molecule is COc1ccc(C2CSc3nnc(C)n3N2)cc1. The first-order valence-corrected chi connectivity index (χ1v) is 6.72. The minimum Gasteiger partial charge on any atom is -0.497 e. The molecule has 3 rings (SSSR count). The third kappa shape index (κ3) is 1.92. The van der Waals surface area contributed by atoms with Crippen LogP contribution in [-0.2, 0) is 0 Å². The molecule has 94 valence electrons. The van der Waals surface area contributed by atoms with E-state index in [1.165, 1.54) is 5.56 Å². The molecule has 1 atom stereocenters. The number of nitrogens with zero attached hydrogens (tertiary/aromatic N) is 3. The third-order valence-electron chi connectivity index (χ3n) is 2.98. The Bertz CT molecular complexity index is 552. The van der Waals surface area contributed by atoms with E-state index >= 15 is 0 Å². The van der Waals surface area contributed by atoms with E-state index in [1.54, 1.807) is 18.9 Å². The lowest BCUT2D eigenvalue weighted by Crippen LogP contribution is -2.28. The van der Waals surface area contributed by atoms with E-state index in [4.69, 9.17) is 4.74 Å². The highest BCUT2D eigenvalue weighted by molar-refractivity contribution is 7.99. The molecule has 2 aromatic rings. The van der Waals surface area contributed by atoms with Gasteiger partial charge in [-0.05, 0) is 24.6 Å². The second-order valence-electron chi connectivity index (χ2n) is 4.13. The lowest BCUT2D eigenvalue weighted by molar-refractivity contribution is 0.414. The molecule has 1 N–H and O–H groups in total. The van der Waals surface area contributed by atoms with Crippen LogP contribution in [0.1, 0.15) is 17.4 Å². The number of nitrogens with one attached hydrogen (secondary N) is 1. The summed E-state index contributed by atoms with van der Waals surface area (Å²) in [6, 6.07) is 8.40. The zero-order chi connectivity index (χ0) is 12.5. The Balaban J connectivity index is 1.84. The minimum atomic E-state index is 0.267. The molecule has 0 fully saturated rings. The van der Waals surface area contributed by atoms with Crippen LogP contribution in [0, 0.1) is 6.92 Å². The van der Waals surface area contributed by atoms with Gasteiger partial charge in [0, 0.05) is 5.75 Å². The molecule has 0 amide bonds. The van der Waals surface area contributed by atoms with Crippen LogP contribution in [-0.4, -0.2) is 27.7 Å². The van der Waals surface area contributed by atoms with Gasteiger partial charge in [-0.1, -0.05) is 23.9 Å². The number of ether oxygens (including phenoxy) is 1. The van der Waals surface area contributed by atoms with Gasteiger partial charge >= 0.3 is 0 Å². The van der Waals surface area contributed by atoms with Crippen molar-refractivity contribution in [2.75, 3.05) is 18.3 Å². The summed E-state index contributed by atoms with van der Waals surface area (Å²) >= 11 is 1.72. The van der Waals surface area contributed by atoms with Crippen molar-refractivity contribution in [1.82, 2.24) is 14.9 Å². The standard InChI is InChI=1S/C12H14N4OS/c1-8-13-14-12-16(8)15-11(7-18-12)9-3-5-10(17-2)6-4-9/h3-6,11,15H,7H2,1-2H3. The predicted molar refractivity (Wildman–Crippen MR) is 70.6 cm³/mol. The van der Waals surface area contributed by atoms with Crippen molar-refractivity contribution in [3.8, 4) is 5.75 Å². The van der Waals surface area contributed by atoms with Crippen LogP contribution < -0.4 is 10.2 Å². The molecule has 1 aromatic carbocycles. The molecule has 1 unspecified atom stereocenters. The highest BCUT2D eigenvalue weighted by Crippen LogP contribution is 2.30. The van der Waals surface area contributed by atoms with E-state index in [9.17, 15) is 0 Å². The van der Waals surface area contributed by atoms with Crippen molar-refractivity contribution < 1.29 is 4.74 Å². The van der Waals surface area contributed by atoms with Crippen LogP contribution in [0.2, 0.25) is 0 Å². The zero-order valence-electron chi connectivity index (χ0n) is 10.3. The van der Waals surface area contributed by atoms with Crippen LogP contribution in [0.25, 0.3) is 0 Å². The van der Waals surface area contributed by atoms with Crippen LogP contribution >= 0.6 is 11.8 Å². The number of aryl methyl sites for hydroxylation is 1. The Morgan fingerprint density at radius 3 is 2.83 bits per heavy atom. The van der Waals surface area contributed by atoms with Gasteiger partial charge in [-0.3, -0.25) is 0 Å². The van der Waals surface area contributed by atoms with Gasteiger partial charge in [-0.15, -0.1) is 10.2 Å². The van der Waals surface area contributed by atoms with Gasteiger partial charge < -0.3 is 10.2 Å². The molecule has 1 aliphatic heterocycles. The number of fused-ring (bicyclic) bond motifs is 1. The number of thioether (sulfide) groups is 1. The van der Waals surface area contributed by atoms with Crippen LogP contribution in [0.3, 0.4) is 0 Å². The second-order valence-corrected chi connectivity index (χ2v) is 5.12. The molecule has 1 aromatic heterocycles. The van der Waals surface area contributed by atoms with Crippen molar-refractivity contribution in [3.05, 3.63) is 35.7 Å². The normalized spacial score (nSPS) is 18.0. The second kappa shape index (κ2) is 4.53. The average molecular weight is 262 g/mol. The van der Waals surface area contributed by atoms with Gasteiger partial charge in [0.2, 0.25) is 5.16 Å². The molecule has 5 nitrogen and oxygen atoms in total. The summed E-state index contributed by atoms with van der Waals surface area (Å²) < 4.78 is 7.12. The van der Waals surface area contributed by atoms with E-state index in [0.29, 0.717) is 0 Å². The molecule has 0 radical (unpaired) electrons. The maximum atomic E-state index is 5.17. The molecular formula is C12H14N4OS. The molecule has 18 heavy (non-hydrogen) atoms. The smallest absolute Gasteiger partial charge is 0.210 e. The Morgan fingerprint density at radius 2 is 2.11 bits per heavy atom. The van der Waals surface area contributed by atoms with Gasteiger partial charge in [0.1, 0.15) is 11.6 Å². The number of benzene rings is 1. The molecule has 0 spiro atoms.